The highest BCUT2D eigenvalue weighted by molar-refractivity contribution is 5.35. The van der Waals surface area contributed by atoms with Gasteiger partial charge < -0.3 is 29.9 Å². The van der Waals surface area contributed by atoms with Crippen LogP contribution in [0.2, 0.25) is 0 Å². The van der Waals surface area contributed by atoms with Crippen LogP contribution >= 0.6 is 0 Å². The number of likely N-dealkylation sites (tertiary alicyclic amines) is 1. The van der Waals surface area contributed by atoms with Crippen LogP contribution in [-0.4, -0.2) is 95.3 Å². The number of hydrogen-bond acceptors (Lipinski definition) is 7. The van der Waals surface area contributed by atoms with Crippen LogP contribution in [0.4, 0.5) is 0 Å². The number of piperidine rings is 1. The van der Waals surface area contributed by atoms with Crippen LogP contribution in [0.3, 0.4) is 0 Å². The van der Waals surface area contributed by atoms with Crippen LogP contribution in [0.15, 0.2) is 0 Å². The van der Waals surface area contributed by atoms with Gasteiger partial charge in [-0.2, -0.15) is 0 Å². The van der Waals surface area contributed by atoms with E-state index in [4.69, 9.17) is 9.47 Å². The van der Waals surface area contributed by atoms with Gasteiger partial charge >= 0.3 is 0 Å². The van der Waals surface area contributed by atoms with Gasteiger partial charge in [0.25, 0.3) is 0 Å². The number of methoxy groups -OCH3 is 2. The first-order valence-corrected chi connectivity index (χ1v) is 11.8. The van der Waals surface area contributed by atoms with E-state index in [1.165, 1.54) is 0 Å². The minimum absolute atomic E-state index is 0.0158. The fourth-order valence-electron chi connectivity index (χ4n) is 10.4. The lowest BCUT2D eigenvalue weighted by Crippen LogP contribution is -2.76. The van der Waals surface area contributed by atoms with Crippen LogP contribution in [0, 0.1) is 40.4 Å². The second-order valence-corrected chi connectivity index (χ2v) is 11.3. The minimum Gasteiger partial charge on any atom is -0.392 e. The van der Waals surface area contributed by atoms with E-state index in [0.717, 1.165) is 25.9 Å². The van der Waals surface area contributed by atoms with E-state index in [0.29, 0.717) is 19.4 Å². The summed E-state index contributed by atoms with van der Waals surface area (Å²) in [4.78, 5) is 2.42. The Morgan fingerprint density at radius 1 is 1.10 bits per heavy atom. The number of aliphatic hydroxyl groups excluding tert-OH is 3. The van der Waals surface area contributed by atoms with Gasteiger partial charge in [0.1, 0.15) is 0 Å². The molecular formula is C23H37NO6. The normalized spacial score (nSPS) is 63.3. The molecule has 6 aliphatic rings. The molecule has 1 heterocycles. The predicted octanol–water partition coefficient (Wildman–Crippen LogP) is -0.152. The van der Waals surface area contributed by atoms with Crippen LogP contribution in [0.25, 0.3) is 0 Å². The molecule has 1 aliphatic heterocycles. The van der Waals surface area contributed by atoms with E-state index in [2.05, 4.69) is 11.8 Å². The van der Waals surface area contributed by atoms with Crippen molar-refractivity contribution in [2.75, 3.05) is 33.9 Å². The first-order valence-electron chi connectivity index (χ1n) is 11.8. The molecule has 1 saturated heterocycles. The SMILES string of the molecule is CCN1C[C@]2(COC)CCC(O)C34C5C[C@H]6C(O)C5[C@](O)(C[C@@H]6OC)C(C(O)C32)C14. The largest absolute Gasteiger partial charge is 0.392 e. The van der Waals surface area contributed by atoms with Crippen molar-refractivity contribution >= 4 is 0 Å². The molecule has 6 fully saturated rings. The van der Waals surface area contributed by atoms with Gasteiger partial charge in [-0.15, -0.1) is 0 Å². The standard InChI is InChI=1S/C23H37NO6/c1-4-24-9-21(10-29-2)6-5-14(25)23-12-7-11-13(30-3)8-22(28,15(12)17(11)26)16(20(23)24)18(27)19(21)23/h11-20,25-28H,4-10H2,1-3H3/t11-,12?,13+,14?,15?,16?,17?,18?,19?,20?,21+,22-,23?/m1/s1. The summed E-state index contributed by atoms with van der Waals surface area (Å²) in [6.45, 7) is 4.34. The van der Waals surface area contributed by atoms with Gasteiger partial charge in [-0.3, -0.25) is 4.90 Å². The van der Waals surface area contributed by atoms with Gasteiger partial charge in [-0.05, 0) is 31.7 Å². The summed E-state index contributed by atoms with van der Waals surface area (Å²) in [6.07, 6.45) is 0.615. The molecule has 1 spiro atoms. The Morgan fingerprint density at radius 3 is 2.53 bits per heavy atom. The summed E-state index contributed by atoms with van der Waals surface area (Å²) in [6, 6.07) is -0.0735. The number of nitrogens with zero attached hydrogens (tertiary/aromatic N) is 1. The van der Waals surface area contributed by atoms with Crippen LogP contribution in [0.5, 0.6) is 0 Å². The van der Waals surface area contributed by atoms with Crippen molar-refractivity contribution in [2.45, 2.75) is 68.7 Å². The molecule has 7 bridgehead atoms. The molecule has 4 N–H and O–H groups in total. The molecule has 0 aromatic rings. The number of hydrogen-bond donors (Lipinski definition) is 4. The van der Waals surface area contributed by atoms with E-state index in [-0.39, 0.29) is 47.2 Å². The molecule has 0 aromatic carbocycles. The third-order valence-electron chi connectivity index (χ3n) is 10.9. The maximum Gasteiger partial charge on any atom is 0.0796 e. The lowest BCUT2D eigenvalue weighted by atomic mass is 9.43. The number of ether oxygens (including phenoxy) is 2. The first kappa shape index (κ1) is 20.3. The lowest BCUT2D eigenvalue weighted by Gasteiger charge is -2.68. The highest BCUT2D eigenvalue weighted by Crippen LogP contribution is 2.78. The zero-order valence-electron chi connectivity index (χ0n) is 18.3. The summed E-state index contributed by atoms with van der Waals surface area (Å²) in [5.41, 5.74) is -1.92. The van der Waals surface area contributed by atoms with Gasteiger partial charge in [0.05, 0.1) is 36.6 Å². The molecule has 5 saturated carbocycles. The molecule has 30 heavy (non-hydrogen) atoms. The smallest absolute Gasteiger partial charge is 0.0796 e. The topological polar surface area (TPSA) is 103 Å². The van der Waals surface area contributed by atoms with Gasteiger partial charge in [0.2, 0.25) is 0 Å². The lowest BCUT2D eigenvalue weighted by molar-refractivity contribution is -0.272. The minimum atomic E-state index is -1.18. The van der Waals surface area contributed by atoms with Crippen molar-refractivity contribution in [3.05, 3.63) is 0 Å². The monoisotopic (exact) mass is 423 g/mol. The van der Waals surface area contributed by atoms with Gasteiger partial charge in [-0.1, -0.05) is 6.92 Å². The second-order valence-electron chi connectivity index (χ2n) is 11.3. The Hall–Kier alpha value is -0.280. The summed E-state index contributed by atoms with van der Waals surface area (Å²) in [5, 5.41) is 47.2. The molecule has 7 heteroatoms. The van der Waals surface area contributed by atoms with Gasteiger partial charge in [0, 0.05) is 67.7 Å². The fourth-order valence-corrected chi connectivity index (χ4v) is 10.4. The Kier molecular flexibility index (Phi) is 4.19. The highest BCUT2D eigenvalue weighted by atomic mass is 16.5. The van der Waals surface area contributed by atoms with E-state index in [9.17, 15) is 20.4 Å². The maximum absolute atomic E-state index is 12.3. The average molecular weight is 424 g/mol. The molecule has 9 unspecified atom stereocenters. The first-order chi connectivity index (χ1) is 14.3. The predicted molar refractivity (Wildman–Crippen MR) is 107 cm³/mol. The second kappa shape index (κ2) is 6.19. The molecular weight excluding hydrogens is 386 g/mol. The summed E-state index contributed by atoms with van der Waals surface area (Å²) in [5.74, 6) is -0.843. The van der Waals surface area contributed by atoms with Crippen LogP contribution in [-0.2, 0) is 9.47 Å². The number of aliphatic hydroxyl groups is 4. The van der Waals surface area contributed by atoms with E-state index < -0.39 is 29.3 Å². The molecule has 7 nitrogen and oxygen atoms in total. The Morgan fingerprint density at radius 2 is 1.87 bits per heavy atom. The Bertz CT molecular complexity index is 736. The molecule has 0 aromatic heterocycles. The fraction of sp³-hybridized carbons (Fsp3) is 1.00. The number of fused-ring (bicyclic) bond motifs is 2. The van der Waals surface area contributed by atoms with Crippen molar-refractivity contribution in [1.82, 2.24) is 4.90 Å². The molecule has 0 radical (unpaired) electrons. The van der Waals surface area contributed by atoms with Crippen LogP contribution in [0.1, 0.15) is 32.6 Å². The average Bonchev–Trinajstić information content (AvgIpc) is 3.11. The van der Waals surface area contributed by atoms with Crippen molar-refractivity contribution in [1.29, 1.82) is 0 Å². The molecule has 0 amide bonds. The van der Waals surface area contributed by atoms with Crippen molar-refractivity contribution < 1.29 is 29.9 Å². The Balaban J connectivity index is 1.61. The van der Waals surface area contributed by atoms with Crippen LogP contribution < -0.4 is 0 Å². The summed E-state index contributed by atoms with van der Waals surface area (Å²) < 4.78 is 11.5. The summed E-state index contributed by atoms with van der Waals surface area (Å²) >= 11 is 0. The van der Waals surface area contributed by atoms with Crippen molar-refractivity contribution in [3.63, 3.8) is 0 Å². The van der Waals surface area contributed by atoms with Gasteiger partial charge in [0.15, 0.2) is 0 Å². The van der Waals surface area contributed by atoms with Crippen molar-refractivity contribution in [2.24, 2.45) is 40.4 Å². The molecule has 6 rings (SSSR count). The highest BCUT2D eigenvalue weighted by Gasteiger charge is 2.85. The third-order valence-corrected chi connectivity index (χ3v) is 10.9. The van der Waals surface area contributed by atoms with E-state index in [1.54, 1.807) is 14.2 Å². The van der Waals surface area contributed by atoms with Gasteiger partial charge in [-0.25, -0.2) is 0 Å². The number of rotatable bonds is 4. The molecule has 170 valence electrons. The maximum atomic E-state index is 12.3. The zero-order valence-corrected chi connectivity index (χ0v) is 18.3. The molecule has 5 aliphatic carbocycles. The van der Waals surface area contributed by atoms with Crippen molar-refractivity contribution in [3.8, 4) is 0 Å². The Labute approximate surface area is 178 Å². The quantitative estimate of drug-likeness (QED) is 0.499. The zero-order chi connectivity index (χ0) is 21.2. The van der Waals surface area contributed by atoms with E-state index >= 15 is 0 Å². The van der Waals surface area contributed by atoms with E-state index in [1.807, 2.05) is 0 Å². The molecule has 13 atom stereocenters. The summed E-state index contributed by atoms with van der Waals surface area (Å²) in [7, 11) is 3.38. The third kappa shape index (κ3) is 1.91.